The van der Waals surface area contributed by atoms with Gasteiger partial charge in [-0.3, -0.25) is 0 Å². The van der Waals surface area contributed by atoms with E-state index in [-0.39, 0.29) is 11.5 Å². The minimum atomic E-state index is -0.411. The van der Waals surface area contributed by atoms with Crippen molar-refractivity contribution in [2.45, 2.75) is 19.8 Å². The lowest BCUT2D eigenvalue weighted by atomic mass is 10.2. The fourth-order valence-electron chi connectivity index (χ4n) is 1.17. The molecule has 0 aromatic heterocycles. The summed E-state index contributed by atoms with van der Waals surface area (Å²) in [7, 11) is 0. The maximum atomic E-state index is 11.2. The molecule has 0 amide bonds. The summed E-state index contributed by atoms with van der Waals surface area (Å²) in [4.78, 5) is 11.2. The molecule has 0 radical (unpaired) electrons. The average molecular weight is 236 g/mol. The Morgan fingerprint density at radius 1 is 1.35 bits per heavy atom. The lowest BCUT2D eigenvalue weighted by Crippen LogP contribution is -2.01. The minimum absolute atomic E-state index is 0.187. The third kappa shape index (κ3) is 4.59. The SMILES string of the molecule is CCCCOC(=O)C=Cc1ccc(O)c(O)c1. The van der Waals surface area contributed by atoms with Crippen LogP contribution in [0.3, 0.4) is 0 Å². The van der Waals surface area contributed by atoms with Crippen LogP contribution in [0.2, 0.25) is 0 Å². The average Bonchev–Trinajstić information content (AvgIpc) is 2.31. The van der Waals surface area contributed by atoms with Crippen LogP contribution >= 0.6 is 0 Å². The Morgan fingerprint density at radius 3 is 2.76 bits per heavy atom. The molecule has 92 valence electrons. The Hall–Kier alpha value is -1.97. The van der Waals surface area contributed by atoms with Crippen LogP contribution in [-0.2, 0) is 9.53 Å². The van der Waals surface area contributed by atoms with Gasteiger partial charge >= 0.3 is 5.97 Å². The van der Waals surface area contributed by atoms with Gasteiger partial charge in [0.1, 0.15) is 0 Å². The number of hydrogen-bond donors (Lipinski definition) is 2. The van der Waals surface area contributed by atoms with E-state index in [0.717, 1.165) is 12.8 Å². The van der Waals surface area contributed by atoms with E-state index in [1.165, 1.54) is 24.3 Å². The van der Waals surface area contributed by atoms with Gasteiger partial charge in [-0.25, -0.2) is 4.79 Å². The lowest BCUT2D eigenvalue weighted by molar-refractivity contribution is -0.137. The van der Waals surface area contributed by atoms with Gasteiger partial charge in [-0.2, -0.15) is 0 Å². The molecule has 0 fully saturated rings. The molecule has 1 aromatic rings. The van der Waals surface area contributed by atoms with E-state index in [4.69, 9.17) is 9.84 Å². The van der Waals surface area contributed by atoms with E-state index in [9.17, 15) is 9.90 Å². The largest absolute Gasteiger partial charge is 0.504 e. The van der Waals surface area contributed by atoms with Gasteiger partial charge in [0.2, 0.25) is 0 Å². The lowest BCUT2D eigenvalue weighted by Gasteiger charge is -2.00. The highest BCUT2D eigenvalue weighted by molar-refractivity contribution is 5.87. The summed E-state index contributed by atoms with van der Waals surface area (Å²) < 4.78 is 4.92. The maximum Gasteiger partial charge on any atom is 0.330 e. The van der Waals surface area contributed by atoms with Crippen molar-refractivity contribution < 1.29 is 19.7 Å². The van der Waals surface area contributed by atoms with Crippen molar-refractivity contribution in [2.75, 3.05) is 6.61 Å². The Bertz CT molecular complexity index is 410. The monoisotopic (exact) mass is 236 g/mol. The Kier molecular flexibility index (Phi) is 5.07. The second kappa shape index (κ2) is 6.58. The van der Waals surface area contributed by atoms with Crippen molar-refractivity contribution in [1.29, 1.82) is 0 Å². The summed E-state index contributed by atoms with van der Waals surface area (Å²) in [5.41, 5.74) is 0.618. The molecule has 0 spiro atoms. The summed E-state index contributed by atoms with van der Waals surface area (Å²) in [6.45, 7) is 2.43. The number of ether oxygens (including phenoxy) is 1. The number of unbranched alkanes of at least 4 members (excludes halogenated alkanes) is 1. The number of hydrogen-bond acceptors (Lipinski definition) is 4. The van der Waals surface area contributed by atoms with E-state index in [1.54, 1.807) is 6.07 Å². The Labute approximate surface area is 100 Å². The van der Waals surface area contributed by atoms with Gasteiger partial charge in [0.05, 0.1) is 6.61 Å². The van der Waals surface area contributed by atoms with E-state index in [0.29, 0.717) is 12.2 Å². The van der Waals surface area contributed by atoms with Gasteiger partial charge in [-0.15, -0.1) is 0 Å². The molecule has 0 aliphatic carbocycles. The van der Waals surface area contributed by atoms with Crippen LogP contribution in [0.15, 0.2) is 24.3 Å². The molecule has 0 aliphatic rings. The molecule has 2 N–H and O–H groups in total. The zero-order valence-corrected chi connectivity index (χ0v) is 9.72. The van der Waals surface area contributed by atoms with E-state index in [1.807, 2.05) is 6.92 Å². The number of rotatable bonds is 5. The van der Waals surface area contributed by atoms with Gasteiger partial charge in [0.25, 0.3) is 0 Å². The molecule has 4 heteroatoms. The minimum Gasteiger partial charge on any atom is -0.504 e. The standard InChI is InChI=1S/C13H16O4/c1-2-3-8-17-13(16)7-5-10-4-6-11(14)12(15)9-10/h4-7,9,14-15H,2-3,8H2,1H3. The molecular formula is C13H16O4. The van der Waals surface area contributed by atoms with Gasteiger partial charge < -0.3 is 14.9 Å². The van der Waals surface area contributed by atoms with Crippen LogP contribution in [0.5, 0.6) is 11.5 Å². The molecule has 0 unspecified atom stereocenters. The van der Waals surface area contributed by atoms with Crippen LogP contribution in [0.25, 0.3) is 6.08 Å². The van der Waals surface area contributed by atoms with Gasteiger partial charge in [0.15, 0.2) is 11.5 Å². The summed E-state index contributed by atoms with van der Waals surface area (Å²) in [6.07, 6.45) is 4.64. The highest BCUT2D eigenvalue weighted by Crippen LogP contribution is 2.25. The normalized spacial score (nSPS) is 10.6. The number of carbonyl (C=O) groups is 1. The van der Waals surface area contributed by atoms with Crippen molar-refractivity contribution in [3.63, 3.8) is 0 Å². The molecular weight excluding hydrogens is 220 g/mol. The summed E-state index contributed by atoms with van der Waals surface area (Å²) in [5, 5.41) is 18.3. The fourth-order valence-corrected chi connectivity index (χ4v) is 1.17. The first-order valence-electron chi connectivity index (χ1n) is 5.50. The van der Waals surface area contributed by atoms with Crippen LogP contribution in [-0.4, -0.2) is 22.8 Å². The molecule has 0 atom stereocenters. The third-order valence-electron chi connectivity index (χ3n) is 2.15. The van der Waals surface area contributed by atoms with Crippen molar-refractivity contribution in [3.8, 4) is 11.5 Å². The topological polar surface area (TPSA) is 66.8 Å². The first-order chi connectivity index (χ1) is 8.13. The molecule has 0 saturated carbocycles. The van der Waals surface area contributed by atoms with Crippen molar-refractivity contribution in [1.82, 2.24) is 0 Å². The first-order valence-corrected chi connectivity index (χ1v) is 5.50. The second-order valence-electron chi connectivity index (χ2n) is 3.60. The van der Waals surface area contributed by atoms with Crippen LogP contribution < -0.4 is 0 Å². The van der Waals surface area contributed by atoms with Gasteiger partial charge in [-0.05, 0) is 30.2 Å². The molecule has 1 rings (SSSR count). The van der Waals surface area contributed by atoms with Gasteiger partial charge in [0, 0.05) is 6.08 Å². The molecule has 4 nitrogen and oxygen atoms in total. The summed E-state index contributed by atoms with van der Waals surface area (Å²) in [6, 6.07) is 4.31. The highest BCUT2D eigenvalue weighted by atomic mass is 16.5. The molecule has 0 saturated heterocycles. The predicted octanol–water partition coefficient (Wildman–Crippen LogP) is 2.45. The molecule has 17 heavy (non-hydrogen) atoms. The number of phenolic OH excluding ortho intramolecular Hbond substituents is 2. The molecule has 0 aliphatic heterocycles. The second-order valence-corrected chi connectivity index (χ2v) is 3.60. The first kappa shape index (κ1) is 13.1. The number of benzene rings is 1. The fraction of sp³-hybridized carbons (Fsp3) is 0.308. The Morgan fingerprint density at radius 2 is 2.12 bits per heavy atom. The maximum absolute atomic E-state index is 11.2. The van der Waals surface area contributed by atoms with Crippen molar-refractivity contribution in [3.05, 3.63) is 29.8 Å². The zero-order valence-electron chi connectivity index (χ0n) is 9.72. The van der Waals surface area contributed by atoms with E-state index in [2.05, 4.69) is 0 Å². The summed E-state index contributed by atoms with van der Waals surface area (Å²) in [5.74, 6) is -0.815. The predicted molar refractivity (Wildman–Crippen MR) is 64.7 cm³/mol. The number of carbonyl (C=O) groups excluding carboxylic acids is 1. The van der Waals surface area contributed by atoms with Crippen molar-refractivity contribution >= 4 is 12.0 Å². The number of phenols is 2. The number of esters is 1. The van der Waals surface area contributed by atoms with Gasteiger partial charge in [-0.1, -0.05) is 19.4 Å². The summed E-state index contributed by atoms with van der Waals surface area (Å²) >= 11 is 0. The zero-order chi connectivity index (χ0) is 12.7. The molecule has 0 heterocycles. The molecule has 1 aromatic carbocycles. The molecule has 0 bridgehead atoms. The van der Waals surface area contributed by atoms with Crippen LogP contribution in [0.4, 0.5) is 0 Å². The smallest absolute Gasteiger partial charge is 0.330 e. The highest BCUT2D eigenvalue weighted by Gasteiger charge is 1.99. The quantitative estimate of drug-likeness (QED) is 0.356. The van der Waals surface area contributed by atoms with E-state index < -0.39 is 5.97 Å². The van der Waals surface area contributed by atoms with Crippen LogP contribution in [0, 0.1) is 0 Å². The third-order valence-corrected chi connectivity index (χ3v) is 2.15. The van der Waals surface area contributed by atoms with E-state index >= 15 is 0 Å². The Balaban J connectivity index is 2.52. The number of aromatic hydroxyl groups is 2. The van der Waals surface area contributed by atoms with Crippen LogP contribution in [0.1, 0.15) is 25.3 Å². The van der Waals surface area contributed by atoms with Crippen molar-refractivity contribution in [2.24, 2.45) is 0 Å².